The summed E-state index contributed by atoms with van der Waals surface area (Å²) in [6, 6.07) is -0.858. The molecule has 0 aliphatic carbocycles. The van der Waals surface area contributed by atoms with E-state index in [0.29, 0.717) is 17.4 Å². The topological polar surface area (TPSA) is 111 Å². The van der Waals surface area contributed by atoms with Crippen molar-refractivity contribution in [3.63, 3.8) is 0 Å². The zero-order chi connectivity index (χ0) is 64.2. The zero-order valence-electron chi connectivity index (χ0n) is 58.5. The third-order valence-corrected chi connectivity index (χ3v) is 17.2. The molecule has 0 aromatic carbocycles. The summed E-state index contributed by atoms with van der Waals surface area (Å²) >= 11 is 0. The number of rotatable bonds is 67. The smallest absolute Gasteiger partial charge is 0.456 e. The van der Waals surface area contributed by atoms with Crippen LogP contribution in [-0.4, -0.2) is 74.3 Å². The van der Waals surface area contributed by atoms with Gasteiger partial charge in [-0.2, -0.15) is 0 Å². The van der Waals surface area contributed by atoms with Gasteiger partial charge in [0.1, 0.15) is 19.3 Å². The number of nitrogens with one attached hydrogen (secondary N) is 1. The van der Waals surface area contributed by atoms with Crippen LogP contribution in [0, 0.1) is 0 Å². The Morgan fingerprint density at radius 2 is 0.693 bits per heavy atom. The van der Waals surface area contributed by atoms with Crippen LogP contribution in [0.5, 0.6) is 0 Å². The molecular formula is C78H142N2O7P+. The van der Waals surface area contributed by atoms with Gasteiger partial charge in [-0.1, -0.05) is 305 Å². The van der Waals surface area contributed by atoms with Crippen molar-refractivity contribution >= 4 is 19.7 Å². The molecule has 0 bridgehead atoms. The number of likely N-dealkylation sites (N-methyl/N-ethyl adjacent to an activating group) is 1. The third kappa shape index (κ3) is 67.3. The number of phosphoric ester groups is 1. The summed E-state index contributed by atoms with van der Waals surface area (Å²) < 4.78 is 30.9. The van der Waals surface area contributed by atoms with Crippen LogP contribution >= 0.6 is 7.82 Å². The quantitative estimate of drug-likeness (QED) is 0.0205. The summed E-state index contributed by atoms with van der Waals surface area (Å²) in [5.74, 6) is -0.507. The molecule has 10 heteroatoms. The first-order valence-corrected chi connectivity index (χ1v) is 38.6. The molecule has 3 unspecified atom stereocenters. The van der Waals surface area contributed by atoms with E-state index in [0.717, 1.165) is 89.9 Å². The number of ether oxygens (including phenoxy) is 1. The summed E-state index contributed by atoms with van der Waals surface area (Å²) in [5, 5.41) is 3.07. The van der Waals surface area contributed by atoms with Crippen LogP contribution in [0.1, 0.15) is 335 Å². The molecule has 0 aromatic heterocycles. The number of carbonyl (C=O) groups is 2. The van der Waals surface area contributed by atoms with Crippen molar-refractivity contribution in [3.8, 4) is 0 Å². The lowest BCUT2D eigenvalue weighted by Crippen LogP contribution is -2.47. The van der Waals surface area contributed by atoms with Gasteiger partial charge in [0.25, 0.3) is 0 Å². The fourth-order valence-corrected chi connectivity index (χ4v) is 11.3. The minimum atomic E-state index is -4.46. The van der Waals surface area contributed by atoms with E-state index < -0.39 is 20.0 Å². The van der Waals surface area contributed by atoms with Gasteiger partial charge >= 0.3 is 13.8 Å². The van der Waals surface area contributed by atoms with Crippen molar-refractivity contribution in [2.75, 3.05) is 40.9 Å². The number of phosphoric acid groups is 1. The molecule has 0 heterocycles. The summed E-state index contributed by atoms with van der Waals surface area (Å²) in [5.41, 5.74) is 0. The number of carbonyl (C=O) groups excluding carboxylic acids is 2. The Bertz CT molecular complexity index is 1830. The molecule has 2 N–H and O–H groups in total. The van der Waals surface area contributed by atoms with Gasteiger partial charge in [0.05, 0.1) is 33.8 Å². The fraction of sp³-hybridized carbons (Fsp3) is 0.769. The number of hydrogen-bond acceptors (Lipinski definition) is 6. The first kappa shape index (κ1) is 84.9. The number of esters is 1. The Labute approximate surface area is 545 Å². The van der Waals surface area contributed by atoms with E-state index >= 15 is 0 Å². The van der Waals surface area contributed by atoms with Gasteiger partial charge in [0.15, 0.2) is 0 Å². The average molecular weight is 1250 g/mol. The first-order chi connectivity index (χ1) is 42.9. The summed E-state index contributed by atoms with van der Waals surface area (Å²) in [7, 11) is 1.49. The van der Waals surface area contributed by atoms with Crippen LogP contribution in [0.15, 0.2) is 97.2 Å². The number of nitrogens with zero attached hydrogens (tertiary/aromatic N) is 1. The lowest BCUT2D eigenvalue weighted by Gasteiger charge is -2.27. The second-order valence-electron chi connectivity index (χ2n) is 26.1. The molecule has 0 saturated heterocycles. The van der Waals surface area contributed by atoms with Gasteiger partial charge < -0.3 is 19.4 Å². The minimum Gasteiger partial charge on any atom is -0.456 e. The number of allylic oxidation sites excluding steroid dienone is 15. The molecule has 0 radical (unpaired) electrons. The lowest BCUT2D eigenvalue weighted by atomic mass is 10.0. The van der Waals surface area contributed by atoms with Crippen molar-refractivity contribution in [1.29, 1.82) is 0 Å². The van der Waals surface area contributed by atoms with Crippen LogP contribution in [0.2, 0.25) is 0 Å². The predicted octanol–water partition coefficient (Wildman–Crippen LogP) is 23.8. The maximum absolute atomic E-state index is 13.6. The monoisotopic (exact) mass is 1250 g/mol. The van der Waals surface area contributed by atoms with Crippen molar-refractivity contribution < 1.29 is 37.3 Å². The van der Waals surface area contributed by atoms with Gasteiger partial charge in [-0.3, -0.25) is 18.6 Å². The molecule has 0 aromatic rings. The van der Waals surface area contributed by atoms with Crippen LogP contribution in [0.4, 0.5) is 0 Å². The molecule has 0 spiro atoms. The number of hydrogen-bond donors (Lipinski definition) is 2. The number of quaternary nitrogens is 1. The van der Waals surface area contributed by atoms with E-state index in [4.69, 9.17) is 13.8 Å². The predicted molar refractivity (Wildman–Crippen MR) is 383 cm³/mol. The van der Waals surface area contributed by atoms with Gasteiger partial charge in [0.2, 0.25) is 5.91 Å². The largest absolute Gasteiger partial charge is 0.472 e. The molecule has 0 fully saturated rings. The zero-order valence-corrected chi connectivity index (χ0v) is 59.3. The standard InChI is InChI=1S/C78H141N2O7P/c1-7-10-13-16-19-22-25-28-30-32-34-36-38-39-40-41-43-44-46-48-50-52-55-58-61-64-67-70-77(81)79-75(74-86-88(83,84)85-73-72-80(4,5)6)76(69-66-63-60-57-54-27-24-21-18-15-12-9-3)87-78(82)71-68-65-62-59-56-53-51-49-47-45-42-37-35-33-31-29-26-23-20-17-14-11-8-2/h19-20,22-23,28-31,34-37,39-40,66,69,75-76H,7-18,21,24-27,32-33,38,41-65,67-68,70-74H2,1-6H3,(H-,79,81,83,84)/p+1/b22-19-,23-20-,30-28-,31-29-,36-34-,37-35-,40-39-,69-66-. The van der Waals surface area contributed by atoms with E-state index in [1.54, 1.807) is 0 Å². The molecule has 0 rings (SSSR count). The van der Waals surface area contributed by atoms with Crippen LogP contribution in [-0.2, 0) is 27.9 Å². The minimum absolute atomic E-state index is 0.0358. The molecule has 1 amide bonds. The highest BCUT2D eigenvalue weighted by Crippen LogP contribution is 2.43. The number of amides is 1. The molecule has 9 nitrogen and oxygen atoms in total. The van der Waals surface area contributed by atoms with E-state index in [9.17, 15) is 19.0 Å². The third-order valence-electron chi connectivity index (χ3n) is 16.2. The normalized spacial score (nSPS) is 14.0. The van der Waals surface area contributed by atoms with Crippen molar-refractivity contribution in [3.05, 3.63) is 97.2 Å². The van der Waals surface area contributed by atoms with E-state index in [2.05, 4.69) is 111 Å². The Morgan fingerprint density at radius 3 is 1.06 bits per heavy atom. The van der Waals surface area contributed by atoms with Gasteiger partial charge in [-0.15, -0.1) is 0 Å². The van der Waals surface area contributed by atoms with Crippen LogP contribution < -0.4 is 5.32 Å². The van der Waals surface area contributed by atoms with Crippen LogP contribution in [0.3, 0.4) is 0 Å². The number of unbranched alkanes of at least 4 members (excludes halogenated alkanes) is 37. The van der Waals surface area contributed by atoms with Crippen molar-refractivity contribution in [2.24, 2.45) is 0 Å². The Balaban J connectivity index is 5.04. The summed E-state index contributed by atoms with van der Waals surface area (Å²) in [4.78, 5) is 38.0. The molecular weight excluding hydrogens is 1110 g/mol. The SMILES string of the molecule is CCCCC/C=C\C/C=C\C/C=C\C/C=C\CCCCCCCCCCCCCC(=O)NC(COP(=O)(O)OCC[N+](C)(C)C)C(/C=C\CCCCCCCCCCCC)OC(=O)CCCCCCCCCCCC/C=C\C/C=C\C/C=C\CCCCC. The maximum atomic E-state index is 13.6. The van der Waals surface area contributed by atoms with Crippen molar-refractivity contribution in [2.45, 2.75) is 348 Å². The molecule has 510 valence electrons. The highest BCUT2D eigenvalue weighted by atomic mass is 31.2. The molecule has 0 saturated carbocycles. The molecule has 3 atom stereocenters. The van der Waals surface area contributed by atoms with Gasteiger partial charge in [-0.25, -0.2) is 4.57 Å². The molecule has 0 aliphatic rings. The van der Waals surface area contributed by atoms with E-state index in [1.807, 2.05) is 33.3 Å². The van der Waals surface area contributed by atoms with Gasteiger partial charge in [-0.05, 0) is 115 Å². The second kappa shape index (κ2) is 66.8. The van der Waals surface area contributed by atoms with Crippen LogP contribution in [0.25, 0.3) is 0 Å². The highest BCUT2D eigenvalue weighted by Gasteiger charge is 2.30. The molecule has 0 aliphatic heterocycles. The van der Waals surface area contributed by atoms with E-state index in [-0.39, 0.29) is 31.5 Å². The fourth-order valence-electron chi connectivity index (χ4n) is 10.5. The highest BCUT2D eigenvalue weighted by molar-refractivity contribution is 7.47. The summed E-state index contributed by atoms with van der Waals surface area (Å²) in [6.07, 6.45) is 91.3. The van der Waals surface area contributed by atoms with Gasteiger partial charge in [0, 0.05) is 12.8 Å². The Kier molecular flexibility index (Phi) is 64.5. The van der Waals surface area contributed by atoms with E-state index in [1.165, 1.54) is 212 Å². The Hall–Kier alpha value is -3.07. The van der Waals surface area contributed by atoms with Crippen molar-refractivity contribution in [1.82, 2.24) is 5.32 Å². The average Bonchev–Trinajstić information content (AvgIpc) is 3.66. The Morgan fingerprint density at radius 1 is 0.398 bits per heavy atom. The molecule has 88 heavy (non-hydrogen) atoms. The lowest BCUT2D eigenvalue weighted by molar-refractivity contribution is -0.870. The first-order valence-electron chi connectivity index (χ1n) is 37.1. The second-order valence-corrected chi connectivity index (χ2v) is 27.6. The maximum Gasteiger partial charge on any atom is 0.472 e. The summed E-state index contributed by atoms with van der Waals surface area (Å²) in [6.45, 7) is 6.98.